The minimum atomic E-state index is 0.119. The first-order valence-corrected chi connectivity index (χ1v) is 6.00. The lowest BCUT2D eigenvalue weighted by molar-refractivity contribution is -0.677. The molecule has 1 aliphatic heterocycles. The van der Waals surface area contributed by atoms with Crippen molar-refractivity contribution in [1.29, 1.82) is 0 Å². The van der Waals surface area contributed by atoms with Crippen LogP contribution >= 0.6 is 11.6 Å². The minimum Gasteiger partial charge on any atom is -0.489 e. The summed E-state index contributed by atoms with van der Waals surface area (Å²) in [6, 6.07) is 5.41. The maximum absolute atomic E-state index is 5.99. The van der Waals surface area contributed by atoms with Gasteiger partial charge in [-0.05, 0) is 12.1 Å². The summed E-state index contributed by atoms with van der Waals surface area (Å²) >= 11 is 5.99. The second-order valence-corrected chi connectivity index (χ2v) is 4.28. The summed E-state index contributed by atoms with van der Waals surface area (Å²) in [6.07, 6.45) is 5.53. The van der Waals surface area contributed by atoms with Crippen molar-refractivity contribution in [2.24, 2.45) is 0 Å². The van der Waals surface area contributed by atoms with Crippen LogP contribution in [0.5, 0.6) is 5.75 Å². The summed E-state index contributed by atoms with van der Waals surface area (Å²) in [5.74, 6) is 3.19. The molecule has 0 amide bonds. The van der Waals surface area contributed by atoms with E-state index in [4.69, 9.17) is 27.5 Å². The lowest BCUT2D eigenvalue weighted by Crippen LogP contribution is -2.89. The highest BCUT2D eigenvalue weighted by Gasteiger charge is 2.17. The normalized spacial score (nSPS) is 19.6. The van der Waals surface area contributed by atoms with Crippen molar-refractivity contribution in [3.05, 3.63) is 28.8 Å². The standard InChI is InChI=1S/C13H14ClNO2/c1-2-11-12(14)4-3-5-13(11)17-9-10-8-15-6-7-16-10/h1,3-5,10,15H,6-9H2/p+1. The number of rotatable bonds is 3. The van der Waals surface area contributed by atoms with Gasteiger partial charge in [-0.3, -0.25) is 0 Å². The van der Waals surface area contributed by atoms with Gasteiger partial charge in [0.1, 0.15) is 25.0 Å². The molecule has 2 rings (SSSR count). The second-order valence-electron chi connectivity index (χ2n) is 3.87. The van der Waals surface area contributed by atoms with Gasteiger partial charge in [-0.1, -0.05) is 23.6 Å². The molecule has 1 aromatic carbocycles. The van der Waals surface area contributed by atoms with Gasteiger partial charge >= 0.3 is 0 Å². The maximum atomic E-state index is 5.99. The number of hydrogen-bond acceptors (Lipinski definition) is 2. The lowest BCUT2D eigenvalue weighted by Gasteiger charge is -2.21. The molecule has 1 atom stereocenters. The zero-order valence-electron chi connectivity index (χ0n) is 9.49. The molecule has 1 aliphatic rings. The van der Waals surface area contributed by atoms with E-state index >= 15 is 0 Å². The second kappa shape index (κ2) is 5.92. The molecule has 0 spiro atoms. The Balaban J connectivity index is 1.99. The predicted molar refractivity (Wildman–Crippen MR) is 66.3 cm³/mol. The van der Waals surface area contributed by atoms with Crippen molar-refractivity contribution in [2.45, 2.75) is 6.10 Å². The van der Waals surface area contributed by atoms with Crippen molar-refractivity contribution in [2.75, 3.05) is 26.3 Å². The third-order valence-electron chi connectivity index (χ3n) is 2.65. The molecule has 1 aromatic rings. The average molecular weight is 253 g/mol. The summed E-state index contributed by atoms with van der Waals surface area (Å²) < 4.78 is 11.2. The molecule has 4 heteroatoms. The lowest BCUT2D eigenvalue weighted by atomic mass is 10.2. The highest BCUT2D eigenvalue weighted by Crippen LogP contribution is 2.25. The highest BCUT2D eigenvalue weighted by molar-refractivity contribution is 6.32. The van der Waals surface area contributed by atoms with Crippen LogP contribution in [0, 0.1) is 12.3 Å². The topological polar surface area (TPSA) is 35.1 Å². The number of morpholine rings is 1. The Morgan fingerprint density at radius 2 is 2.47 bits per heavy atom. The molecule has 3 nitrogen and oxygen atoms in total. The quantitative estimate of drug-likeness (QED) is 0.803. The van der Waals surface area contributed by atoms with Gasteiger partial charge in [0.05, 0.1) is 23.7 Å². The van der Waals surface area contributed by atoms with Crippen LogP contribution in [0.25, 0.3) is 0 Å². The number of hydrogen-bond donors (Lipinski definition) is 1. The summed E-state index contributed by atoms with van der Waals surface area (Å²) in [4.78, 5) is 0. The fourth-order valence-electron chi connectivity index (χ4n) is 1.75. The van der Waals surface area contributed by atoms with E-state index in [2.05, 4.69) is 11.2 Å². The molecule has 0 bridgehead atoms. The first kappa shape index (κ1) is 12.3. The Bertz CT molecular complexity index is 422. The third-order valence-corrected chi connectivity index (χ3v) is 2.96. The minimum absolute atomic E-state index is 0.119. The van der Waals surface area contributed by atoms with Crippen molar-refractivity contribution in [1.82, 2.24) is 0 Å². The van der Waals surface area contributed by atoms with Crippen LogP contribution < -0.4 is 10.1 Å². The van der Waals surface area contributed by atoms with Gasteiger partial charge in [-0.2, -0.15) is 0 Å². The van der Waals surface area contributed by atoms with Crippen molar-refractivity contribution in [3.63, 3.8) is 0 Å². The average Bonchev–Trinajstić information content (AvgIpc) is 2.37. The van der Waals surface area contributed by atoms with Crippen LogP contribution in [0.1, 0.15) is 5.56 Å². The number of terminal acetylenes is 1. The molecule has 0 saturated carbocycles. The van der Waals surface area contributed by atoms with Gasteiger partial charge < -0.3 is 14.8 Å². The van der Waals surface area contributed by atoms with Crippen LogP contribution in [0.4, 0.5) is 0 Å². The molecule has 1 heterocycles. The largest absolute Gasteiger partial charge is 0.489 e. The number of nitrogens with two attached hydrogens (primary N) is 1. The van der Waals surface area contributed by atoms with Crippen LogP contribution in [-0.4, -0.2) is 32.4 Å². The SMILES string of the molecule is C#Cc1c(Cl)cccc1OCC1C[NH2+]CCO1. The molecule has 0 aliphatic carbocycles. The van der Waals surface area contributed by atoms with Crippen LogP contribution in [0.15, 0.2) is 18.2 Å². The summed E-state index contributed by atoms with van der Waals surface area (Å²) in [6.45, 7) is 3.21. The van der Waals surface area contributed by atoms with Gasteiger partial charge in [-0.25, -0.2) is 0 Å². The van der Waals surface area contributed by atoms with Crippen LogP contribution in [0.3, 0.4) is 0 Å². The summed E-state index contributed by atoms with van der Waals surface area (Å²) in [5.41, 5.74) is 0.606. The third kappa shape index (κ3) is 3.13. The van der Waals surface area contributed by atoms with Gasteiger partial charge in [0, 0.05) is 0 Å². The molecule has 0 aromatic heterocycles. The van der Waals surface area contributed by atoms with Crippen molar-refractivity contribution in [3.8, 4) is 18.1 Å². The molecule has 1 saturated heterocycles. The highest BCUT2D eigenvalue weighted by atomic mass is 35.5. The molecular formula is C13H15ClNO2+. The van der Waals surface area contributed by atoms with Crippen molar-refractivity contribution < 1.29 is 14.8 Å². The Labute approximate surface area is 106 Å². The molecule has 0 radical (unpaired) electrons. The number of halogens is 1. The van der Waals surface area contributed by atoms with Gasteiger partial charge in [0.25, 0.3) is 0 Å². The van der Waals surface area contributed by atoms with E-state index in [1.807, 2.05) is 12.1 Å². The van der Waals surface area contributed by atoms with Crippen molar-refractivity contribution >= 4 is 11.6 Å². The fourth-order valence-corrected chi connectivity index (χ4v) is 1.97. The summed E-state index contributed by atoms with van der Waals surface area (Å²) in [5, 5.41) is 2.76. The smallest absolute Gasteiger partial charge is 0.140 e. The zero-order chi connectivity index (χ0) is 12.1. The molecule has 2 N–H and O–H groups in total. The zero-order valence-corrected chi connectivity index (χ0v) is 10.2. The van der Waals surface area contributed by atoms with E-state index in [9.17, 15) is 0 Å². The fraction of sp³-hybridized carbons (Fsp3) is 0.385. The van der Waals surface area contributed by atoms with Gasteiger partial charge in [-0.15, -0.1) is 6.42 Å². The van der Waals surface area contributed by atoms with E-state index in [1.165, 1.54) is 0 Å². The Morgan fingerprint density at radius 3 is 3.18 bits per heavy atom. The number of benzene rings is 1. The van der Waals surface area contributed by atoms with E-state index in [0.29, 0.717) is 22.9 Å². The molecule has 1 unspecified atom stereocenters. The maximum Gasteiger partial charge on any atom is 0.140 e. The predicted octanol–water partition coefficient (Wildman–Crippen LogP) is 0.662. The van der Waals surface area contributed by atoms with Gasteiger partial charge in [0.2, 0.25) is 0 Å². The van der Waals surface area contributed by atoms with E-state index < -0.39 is 0 Å². The van der Waals surface area contributed by atoms with Crippen LogP contribution in [-0.2, 0) is 4.74 Å². The van der Waals surface area contributed by atoms with E-state index in [-0.39, 0.29) is 6.10 Å². The summed E-state index contributed by atoms with van der Waals surface area (Å²) in [7, 11) is 0. The Kier molecular flexibility index (Phi) is 4.27. The van der Waals surface area contributed by atoms with E-state index in [0.717, 1.165) is 19.7 Å². The molecule has 17 heavy (non-hydrogen) atoms. The molecule has 1 fully saturated rings. The molecular weight excluding hydrogens is 238 g/mol. The van der Waals surface area contributed by atoms with Gasteiger partial charge in [0.15, 0.2) is 0 Å². The number of quaternary nitrogens is 1. The first-order chi connectivity index (χ1) is 8.31. The molecule has 90 valence electrons. The van der Waals surface area contributed by atoms with Crippen LogP contribution in [0.2, 0.25) is 5.02 Å². The van der Waals surface area contributed by atoms with E-state index in [1.54, 1.807) is 6.07 Å². The Morgan fingerprint density at radius 1 is 1.59 bits per heavy atom. The Hall–Kier alpha value is -1.21. The first-order valence-electron chi connectivity index (χ1n) is 5.62. The monoisotopic (exact) mass is 252 g/mol. The number of ether oxygens (including phenoxy) is 2.